The Bertz CT molecular complexity index is 1060. The topological polar surface area (TPSA) is 59.8 Å². The van der Waals surface area contributed by atoms with Crippen LogP contribution in [-0.4, -0.2) is 26.2 Å². The molecular weight excluding hydrogens is 367 g/mol. The van der Waals surface area contributed by atoms with E-state index in [0.29, 0.717) is 23.4 Å². The quantitative estimate of drug-likeness (QED) is 0.655. The van der Waals surface area contributed by atoms with Crippen LogP contribution in [0.25, 0.3) is 10.9 Å². The molecule has 6 heteroatoms. The first-order valence-electron chi connectivity index (χ1n) is 9.97. The molecule has 29 heavy (non-hydrogen) atoms. The van der Waals surface area contributed by atoms with Crippen LogP contribution in [0.2, 0.25) is 0 Å². The number of pyridine rings is 1. The maximum absolute atomic E-state index is 13.9. The van der Waals surface area contributed by atoms with Gasteiger partial charge in [-0.2, -0.15) is 5.10 Å². The van der Waals surface area contributed by atoms with Gasteiger partial charge in [0.05, 0.1) is 23.3 Å². The highest BCUT2D eigenvalue weighted by Crippen LogP contribution is 2.23. The minimum absolute atomic E-state index is 0.218. The summed E-state index contributed by atoms with van der Waals surface area (Å²) in [6.45, 7) is 13.0. The van der Waals surface area contributed by atoms with E-state index in [-0.39, 0.29) is 17.2 Å². The standard InChI is InChI=1S/C23H29FN4O/c1-14(2)11-23(6,13-28-17(5)15(3)16(4)27-28)26-22(29)19-10-18-8-7-9-20(24)21(18)25-12-19/h7-10,12,14H,11,13H2,1-6H3,(H,26,29). The Labute approximate surface area is 171 Å². The van der Waals surface area contributed by atoms with Gasteiger partial charge in [-0.15, -0.1) is 0 Å². The summed E-state index contributed by atoms with van der Waals surface area (Å²) in [6.07, 6.45) is 2.23. The van der Waals surface area contributed by atoms with Crippen LogP contribution in [0.4, 0.5) is 4.39 Å². The van der Waals surface area contributed by atoms with Gasteiger partial charge in [-0.25, -0.2) is 4.39 Å². The van der Waals surface area contributed by atoms with Gasteiger partial charge in [0.2, 0.25) is 0 Å². The Balaban J connectivity index is 1.89. The molecule has 0 spiro atoms. The third kappa shape index (κ3) is 4.47. The van der Waals surface area contributed by atoms with Crippen molar-refractivity contribution >= 4 is 16.8 Å². The maximum Gasteiger partial charge on any atom is 0.253 e. The van der Waals surface area contributed by atoms with Crippen molar-refractivity contribution in [2.75, 3.05) is 0 Å². The van der Waals surface area contributed by atoms with Crippen LogP contribution in [0, 0.1) is 32.5 Å². The average molecular weight is 397 g/mol. The molecule has 1 N–H and O–H groups in total. The SMILES string of the molecule is Cc1nn(CC(C)(CC(C)C)NC(=O)c2cnc3c(F)cccc3c2)c(C)c1C. The van der Waals surface area contributed by atoms with Crippen LogP contribution in [0.15, 0.2) is 30.5 Å². The monoisotopic (exact) mass is 396 g/mol. The normalized spacial score (nSPS) is 13.7. The van der Waals surface area contributed by atoms with E-state index in [1.54, 1.807) is 18.2 Å². The smallest absolute Gasteiger partial charge is 0.253 e. The van der Waals surface area contributed by atoms with Crippen molar-refractivity contribution in [3.05, 3.63) is 58.8 Å². The van der Waals surface area contributed by atoms with E-state index in [2.05, 4.69) is 43.1 Å². The highest BCUT2D eigenvalue weighted by atomic mass is 19.1. The van der Waals surface area contributed by atoms with Crippen LogP contribution >= 0.6 is 0 Å². The molecule has 1 unspecified atom stereocenters. The number of amides is 1. The summed E-state index contributed by atoms with van der Waals surface area (Å²) in [5, 5.41) is 8.44. The summed E-state index contributed by atoms with van der Waals surface area (Å²) in [5.74, 6) is -0.216. The van der Waals surface area contributed by atoms with Crippen molar-refractivity contribution in [1.29, 1.82) is 0 Å². The average Bonchev–Trinajstić information content (AvgIpc) is 2.87. The van der Waals surface area contributed by atoms with E-state index in [9.17, 15) is 9.18 Å². The summed E-state index contributed by atoms with van der Waals surface area (Å²) in [4.78, 5) is 17.2. The van der Waals surface area contributed by atoms with Crippen molar-refractivity contribution < 1.29 is 9.18 Å². The number of benzene rings is 1. The second kappa shape index (κ2) is 7.93. The number of para-hydroxylation sites is 1. The lowest BCUT2D eigenvalue weighted by atomic mass is 9.90. The first kappa shape index (κ1) is 21.0. The van der Waals surface area contributed by atoms with E-state index in [4.69, 9.17) is 0 Å². The highest BCUT2D eigenvalue weighted by Gasteiger charge is 2.30. The van der Waals surface area contributed by atoms with Crippen molar-refractivity contribution in [2.24, 2.45) is 5.92 Å². The third-order valence-corrected chi connectivity index (χ3v) is 5.44. The summed E-state index contributed by atoms with van der Waals surface area (Å²) in [6, 6.07) is 6.43. The van der Waals surface area contributed by atoms with Gasteiger partial charge in [-0.3, -0.25) is 14.5 Å². The second-order valence-corrected chi connectivity index (χ2v) is 8.60. The van der Waals surface area contributed by atoms with Crippen LogP contribution in [0.1, 0.15) is 54.5 Å². The number of carbonyl (C=O) groups excluding carboxylic acids is 1. The molecule has 3 rings (SSSR count). The zero-order valence-electron chi connectivity index (χ0n) is 18.0. The summed E-state index contributed by atoms with van der Waals surface area (Å²) in [7, 11) is 0. The van der Waals surface area contributed by atoms with E-state index >= 15 is 0 Å². The molecule has 0 aliphatic heterocycles. The van der Waals surface area contributed by atoms with E-state index in [1.165, 1.54) is 17.8 Å². The number of aromatic nitrogens is 3. The third-order valence-electron chi connectivity index (χ3n) is 5.44. The largest absolute Gasteiger partial charge is 0.345 e. The van der Waals surface area contributed by atoms with Crippen molar-refractivity contribution in [3.63, 3.8) is 0 Å². The Morgan fingerprint density at radius 3 is 2.62 bits per heavy atom. The number of hydrogen-bond donors (Lipinski definition) is 1. The number of fused-ring (bicyclic) bond motifs is 1. The van der Waals surface area contributed by atoms with Gasteiger partial charge in [0.1, 0.15) is 11.3 Å². The molecule has 0 saturated carbocycles. The Morgan fingerprint density at radius 1 is 1.28 bits per heavy atom. The summed E-state index contributed by atoms with van der Waals surface area (Å²) < 4.78 is 15.8. The molecule has 2 heterocycles. The highest BCUT2D eigenvalue weighted by molar-refractivity contribution is 5.97. The van der Waals surface area contributed by atoms with Gasteiger partial charge in [0.25, 0.3) is 5.91 Å². The first-order valence-corrected chi connectivity index (χ1v) is 9.97. The predicted octanol–water partition coefficient (Wildman–Crippen LogP) is 4.73. The molecule has 154 valence electrons. The van der Waals surface area contributed by atoms with Crippen LogP contribution in [0.5, 0.6) is 0 Å². The number of nitrogens with zero attached hydrogens (tertiary/aromatic N) is 3. The zero-order chi connectivity index (χ0) is 21.3. The molecule has 0 aliphatic rings. The molecule has 2 aromatic heterocycles. The minimum atomic E-state index is -0.488. The summed E-state index contributed by atoms with van der Waals surface area (Å²) >= 11 is 0. The number of carbonyl (C=O) groups is 1. The molecule has 0 saturated heterocycles. The number of aryl methyl sites for hydroxylation is 1. The lowest BCUT2D eigenvalue weighted by molar-refractivity contribution is 0.0879. The lowest BCUT2D eigenvalue weighted by Crippen LogP contribution is -2.50. The zero-order valence-corrected chi connectivity index (χ0v) is 18.0. The fourth-order valence-corrected chi connectivity index (χ4v) is 3.92. The van der Waals surface area contributed by atoms with Gasteiger partial charge in [0, 0.05) is 17.3 Å². The molecule has 1 aromatic carbocycles. The number of nitrogens with one attached hydrogen (secondary N) is 1. The molecule has 3 aromatic rings. The maximum atomic E-state index is 13.9. The number of hydrogen-bond acceptors (Lipinski definition) is 3. The van der Waals surface area contributed by atoms with Gasteiger partial charge in [-0.1, -0.05) is 26.0 Å². The van der Waals surface area contributed by atoms with E-state index in [1.807, 2.05) is 18.5 Å². The molecule has 0 aliphatic carbocycles. The second-order valence-electron chi connectivity index (χ2n) is 8.60. The van der Waals surface area contributed by atoms with Crippen molar-refractivity contribution in [3.8, 4) is 0 Å². The lowest BCUT2D eigenvalue weighted by Gasteiger charge is -2.33. The molecule has 5 nitrogen and oxygen atoms in total. The number of rotatable bonds is 6. The van der Waals surface area contributed by atoms with Crippen molar-refractivity contribution in [1.82, 2.24) is 20.1 Å². The van der Waals surface area contributed by atoms with Crippen LogP contribution in [0.3, 0.4) is 0 Å². The Kier molecular flexibility index (Phi) is 5.73. The van der Waals surface area contributed by atoms with E-state index < -0.39 is 5.54 Å². The molecular formula is C23H29FN4O. The van der Waals surface area contributed by atoms with Crippen LogP contribution in [-0.2, 0) is 6.54 Å². The summed E-state index contributed by atoms with van der Waals surface area (Å²) in [5.41, 5.74) is 3.48. The fourth-order valence-electron chi connectivity index (χ4n) is 3.92. The van der Waals surface area contributed by atoms with Gasteiger partial charge in [0.15, 0.2) is 0 Å². The van der Waals surface area contributed by atoms with Crippen LogP contribution < -0.4 is 5.32 Å². The van der Waals surface area contributed by atoms with Gasteiger partial charge >= 0.3 is 0 Å². The molecule has 1 amide bonds. The van der Waals surface area contributed by atoms with Gasteiger partial charge < -0.3 is 5.32 Å². The van der Waals surface area contributed by atoms with E-state index in [0.717, 1.165) is 17.8 Å². The first-order chi connectivity index (χ1) is 13.6. The number of halogens is 1. The molecule has 0 radical (unpaired) electrons. The van der Waals surface area contributed by atoms with Gasteiger partial charge in [-0.05, 0) is 57.7 Å². The van der Waals surface area contributed by atoms with Crippen molar-refractivity contribution in [2.45, 2.75) is 60.0 Å². The minimum Gasteiger partial charge on any atom is -0.345 e. The predicted molar refractivity (Wildman–Crippen MR) is 113 cm³/mol. The fraction of sp³-hybridized carbons (Fsp3) is 0.435. The Morgan fingerprint density at radius 2 is 2.00 bits per heavy atom. The molecule has 0 fully saturated rings. The Hall–Kier alpha value is -2.76. The molecule has 0 bridgehead atoms. The molecule has 1 atom stereocenters.